The molecule has 0 saturated carbocycles. The van der Waals surface area contributed by atoms with Crippen LogP contribution in [0.5, 0.6) is 5.75 Å². The first-order valence-corrected chi connectivity index (χ1v) is 6.58. The van der Waals surface area contributed by atoms with Crippen LogP contribution >= 0.6 is 0 Å². The van der Waals surface area contributed by atoms with Crippen LogP contribution in [0.2, 0.25) is 0 Å². The van der Waals surface area contributed by atoms with Crippen LogP contribution < -0.4 is 10.2 Å². The molecule has 0 aliphatic carbocycles. The van der Waals surface area contributed by atoms with Crippen molar-refractivity contribution in [2.24, 2.45) is 5.92 Å². The zero-order valence-corrected chi connectivity index (χ0v) is 10.9. The Labute approximate surface area is 112 Å². The molecule has 0 aromatic heterocycles. The number of carbonyl (C=O) groups excluding carboxylic acids is 1. The normalized spacial score (nSPS) is 30.7. The minimum Gasteiger partial charge on any atom is -0.508 e. The molecule has 3 rings (SSSR count). The van der Waals surface area contributed by atoms with Crippen molar-refractivity contribution in [3.05, 3.63) is 24.3 Å². The molecule has 2 saturated heterocycles. The molecule has 5 nitrogen and oxygen atoms in total. The monoisotopic (exact) mass is 262 g/mol. The fourth-order valence-corrected chi connectivity index (χ4v) is 3.06. The molecule has 5 heteroatoms. The van der Waals surface area contributed by atoms with E-state index in [1.165, 1.54) is 0 Å². The summed E-state index contributed by atoms with van der Waals surface area (Å²) in [6, 6.07) is 6.77. The van der Waals surface area contributed by atoms with Crippen LogP contribution in [-0.2, 0) is 4.74 Å². The molecule has 1 aromatic rings. The zero-order chi connectivity index (χ0) is 13.5. The van der Waals surface area contributed by atoms with E-state index in [1.54, 1.807) is 23.1 Å². The quantitative estimate of drug-likeness (QED) is 0.852. The number of carbonyl (C=O) groups is 1. The Hall–Kier alpha value is -1.75. The molecule has 0 radical (unpaired) electrons. The number of anilines is 1. The van der Waals surface area contributed by atoms with Gasteiger partial charge in [0.2, 0.25) is 0 Å². The number of hydrogen-bond donors (Lipinski definition) is 2. The summed E-state index contributed by atoms with van der Waals surface area (Å²) in [5.41, 5.74) is 0.339. The van der Waals surface area contributed by atoms with E-state index in [1.807, 2.05) is 6.07 Å². The van der Waals surface area contributed by atoms with Gasteiger partial charge >= 0.3 is 6.09 Å². The number of nitrogens with one attached hydrogen (secondary N) is 1. The molecule has 2 aliphatic rings. The number of phenols is 1. The fourth-order valence-electron chi connectivity index (χ4n) is 3.06. The second kappa shape index (κ2) is 4.42. The second-order valence-corrected chi connectivity index (χ2v) is 5.46. The van der Waals surface area contributed by atoms with E-state index in [-0.39, 0.29) is 17.4 Å². The molecule has 2 atom stereocenters. The first kappa shape index (κ1) is 12.3. The van der Waals surface area contributed by atoms with Gasteiger partial charge < -0.3 is 15.2 Å². The van der Waals surface area contributed by atoms with Crippen LogP contribution in [0.15, 0.2) is 24.3 Å². The Morgan fingerprint density at radius 2 is 2.37 bits per heavy atom. The summed E-state index contributed by atoms with van der Waals surface area (Å²) in [7, 11) is 0. The number of nitrogens with zero attached hydrogens (tertiary/aromatic N) is 1. The van der Waals surface area contributed by atoms with E-state index in [0.29, 0.717) is 18.2 Å². The Kier molecular flexibility index (Phi) is 2.86. The fraction of sp³-hybridized carbons (Fsp3) is 0.500. The van der Waals surface area contributed by atoms with Gasteiger partial charge in [-0.25, -0.2) is 4.79 Å². The number of benzene rings is 1. The van der Waals surface area contributed by atoms with Gasteiger partial charge in [-0.2, -0.15) is 0 Å². The van der Waals surface area contributed by atoms with Crippen LogP contribution in [0.4, 0.5) is 10.5 Å². The Bertz CT molecular complexity index is 499. The third-order valence-corrected chi connectivity index (χ3v) is 4.21. The first-order chi connectivity index (χ1) is 9.11. The lowest BCUT2D eigenvalue weighted by Crippen LogP contribution is -2.51. The summed E-state index contributed by atoms with van der Waals surface area (Å²) < 4.78 is 5.27. The van der Waals surface area contributed by atoms with Gasteiger partial charge in [0.1, 0.15) is 12.4 Å². The third kappa shape index (κ3) is 1.94. The first-order valence-electron chi connectivity index (χ1n) is 6.58. The van der Waals surface area contributed by atoms with E-state index in [2.05, 4.69) is 12.2 Å². The molecule has 2 fully saturated rings. The maximum atomic E-state index is 12.1. The summed E-state index contributed by atoms with van der Waals surface area (Å²) >= 11 is 0. The molecule has 1 aromatic carbocycles. The molecule has 0 spiro atoms. The minimum atomic E-state index is -0.353. The smallest absolute Gasteiger partial charge is 0.415 e. The number of cyclic esters (lactones) is 1. The predicted molar refractivity (Wildman–Crippen MR) is 71.3 cm³/mol. The van der Waals surface area contributed by atoms with Gasteiger partial charge in [0.15, 0.2) is 0 Å². The van der Waals surface area contributed by atoms with Crippen molar-refractivity contribution >= 4 is 11.8 Å². The summed E-state index contributed by atoms with van der Waals surface area (Å²) in [4.78, 5) is 13.7. The van der Waals surface area contributed by atoms with Crippen molar-refractivity contribution < 1.29 is 14.6 Å². The highest BCUT2D eigenvalue weighted by atomic mass is 16.6. The number of rotatable bonds is 2. The van der Waals surface area contributed by atoms with E-state index in [4.69, 9.17) is 4.74 Å². The van der Waals surface area contributed by atoms with Crippen molar-refractivity contribution in [1.29, 1.82) is 0 Å². The van der Waals surface area contributed by atoms with Crippen molar-refractivity contribution in [1.82, 2.24) is 5.32 Å². The predicted octanol–water partition coefficient (Wildman–Crippen LogP) is 1.72. The van der Waals surface area contributed by atoms with Gasteiger partial charge in [-0.15, -0.1) is 0 Å². The summed E-state index contributed by atoms with van der Waals surface area (Å²) in [5.74, 6) is 0.519. The van der Waals surface area contributed by atoms with Crippen molar-refractivity contribution in [2.45, 2.75) is 18.9 Å². The number of aromatic hydroxyl groups is 1. The standard InChI is InChI=1S/C14H18N2O3/c1-14(10-5-6-15-8-10)9-19-13(18)16(14)11-3-2-4-12(17)7-11/h2-4,7,10,15,17H,5-6,8-9H2,1H3. The SMILES string of the molecule is CC1(C2CCNC2)COC(=O)N1c1cccc(O)c1. The maximum absolute atomic E-state index is 12.1. The minimum absolute atomic E-state index is 0.157. The second-order valence-electron chi connectivity index (χ2n) is 5.46. The number of amides is 1. The lowest BCUT2D eigenvalue weighted by molar-refractivity contribution is 0.166. The lowest BCUT2D eigenvalue weighted by Gasteiger charge is -2.36. The topological polar surface area (TPSA) is 61.8 Å². The zero-order valence-electron chi connectivity index (χ0n) is 10.9. The van der Waals surface area contributed by atoms with Gasteiger partial charge in [0.25, 0.3) is 0 Å². The highest BCUT2D eigenvalue weighted by Crippen LogP contribution is 2.39. The van der Waals surface area contributed by atoms with Crippen molar-refractivity contribution in [2.75, 3.05) is 24.6 Å². The van der Waals surface area contributed by atoms with Crippen LogP contribution in [0.25, 0.3) is 0 Å². The molecular formula is C14H18N2O3. The highest BCUT2D eigenvalue weighted by Gasteiger charge is 2.50. The van der Waals surface area contributed by atoms with Gasteiger partial charge in [-0.05, 0) is 37.9 Å². The average Bonchev–Trinajstić information content (AvgIpc) is 2.99. The molecule has 2 N–H and O–H groups in total. The molecule has 1 amide bonds. The Morgan fingerprint density at radius 3 is 3.05 bits per heavy atom. The van der Waals surface area contributed by atoms with Gasteiger partial charge in [-0.3, -0.25) is 4.90 Å². The van der Waals surface area contributed by atoms with E-state index >= 15 is 0 Å². The number of ether oxygens (including phenoxy) is 1. The van der Waals surface area contributed by atoms with E-state index in [9.17, 15) is 9.90 Å². The molecule has 2 aliphatic heterocycles. The Morgan fingerprint density at radius 1 is 1.53 bits per heavy atom. The lowest BCUT2D eigenvalue weighted by atomic mass is 9.84. The van der Waals surface area contributed by atoms with Gasteiger partial charge in [-0.1, -0.05) is 6.07 Å². The van der Waals surface area contributed by atoms with Crippen LogP contribution in [0.1, 0.15) is 13.3 Å². The summed E-state index contributed by atoms with van der Waals surface area (Å²) in [6.45, 7) is 4.32. The van der Waals surface area contributed by atoms with Crippen molar-refractivity contribution in [3.8, 4) is 5.75 Å². The molecule has 102 valence electrons. The van der Waals surface area contributed by atoms with Crippen LogP contribution in [-0.4, -0.2) is 36.4 Å². The van der Waals surface area contributed by atoms with Crippen molar-refractivity contribution in [3.63, 3.8) is 0 Å². The molecule has 19 heavy (non-hydrogen) atoms. The summed E-state index contributed by atoms with van der Waals surface area (Å²) in [6.07, 6.45) is 0.697. The molecule has 2 unspecified atom stereocenters. The molecule has 0 bridgehead atoms. The molecular weight excluding hydrogens is 244 g/mol. The van der Waals surface area contributed by atoms with Gasteiger partial charge in [0.05, 0.1) is 11.2 Å². The number of hydrogen-bond acceptors (Lipinski definition) is 4. The maximum Gasteiger partial charge on any atom is 0.415 e. The number of phenolic OH excluding ortho intramolecular Hbond substituents is 1. The largest absolute Gasteiger partial charge is 0.508 e. The van der Waals surface area contributed by atoms with E-state index < -0.39 is 0 Å². The summed E-state index contributed by atoms with van der Waals surface area (Å²) in [5, 5.41) is 12.9. The average molecular weight is 262 g/mol. The Balaban J connectivity index is 1.98. The molecule has 2 heterocycles. The van der Waals surface area contributed by atoms with Crippen LogP contribution in [0.3, 0.4) is 0 Å². The van der Waals surface area contributed by atoms with E-state index in [0.717, 1.165) is 19.5 Å². The van der Waals surface area contributed by atoms with Crippen LogP contribution in [0, 0.1) is 5.92 Å². The third-order valence-electron chi connectivity index (χ3n) is 4.21. The van der Waals surface area contributed by atoms with Gasteiger partial charge in [0, 0.05) is 12.6 Å². The highest BCUT2D eigenvalue weighted by molar-refractivity contribution is 5.91.